The maximum atomic E-state index is 5.71. The summed E-state index contributed by atoms with van der Waals surface area (Å²) in [7, 11) is 0. The highest BCUT2D eigenvalue weighted by atomic mass is 35.5. The fourth-order valence-electron chi connectivity index (χ4n) is 0.956. The average Bonchev–Trinajstić information content (AvgIpc) is 2.33. The first kappa shape index (κ1) is 5.81. The first-order valence-corrected chi connectivity index (χ1v) is 3.39. The number of aromatic nitrogens is 1. The normalized spacial score (nSPS) is 10.5. The third kappa shape index (κ3) is 0.792. The van der Waals surface area contributed by atoms with Gasteiger partial charge in [-0.15, -0.1) is 0 Å². The zero-order valence-corrected chi connectivity index (χ0v) is 5.94. The van der Waals surface area contributed by atoms with Gasteiger partial charge in [-0.3, -0.25) is 0 Å². The van der Waals surface area contributed by atoms with Crippen molar-refractivity contribution in [2.24, 2.45) is 0 Å². The molecule has 0 amide bonds. The summed E-state index contributed by atoms with van der Waals surface area (Å²) in [5.74, 6) is 0. The molecule has 0 unspecified atom stereocenters. The van der Waals surface area contributed by atoms with Crippen molar-refractivity contribution >= 4 is 22.5 Å². The number of H-pyrrole nitrogens is 1. The summed E-state index contributed by atoms with van der Waals surface area (Å²) >= 11 is 5.71. The van der Waals surface area contributed by atoms with Crippen LogP contribution in [0.15, 0.2) is 24.4 Å². The Balaban J connectivity index is 2.86. The molecule has 0 atom stereocenters. The molecule has 0 fully saturated rings. The minimum Gasteiger partial charge on any atom is -0.361 e. The van der Waals surface area contributed by atoms with Crippen LogP contribution in [0.2, 0.25) is 5.02 Å². The Bertz CT molecular complexity index is 351. The van der Waals surface area contributed by atoms with E-state index in [2.05, 4.69) is 11.1 Å². The highest BCUT2D eigenvalue weighted by Crippen LogP contribution is 2.16. The fourth-order valence-corrected chi connectivity index (χ4v) is 1.12. The number of fused-ring (bicyclic) bond motifs is 1. The first-order chi connectivity index (χ1) is 4.86. The zero-order chi connectivity index (χ0) is 6.97. The maximum Gasteiger partial charge on any atom is 0.0492 e. The molecule has 1 heterocycles. The number of hydrogen-bond acceptors (Lipinski definition) is 0. The van der Waals surface area contributed by atoms with Crippen LogP contribution in [-0.2, 0) is 0 Å². The predicted octanol–water partition coefficient (Wildman–Crippen LogP) is 2.62. The second-order valence-electron chi connectivity index (χ2n) is 2.11. The van der Waals surface area contributed by atoms with E-state index in [9.17, 15) is 0 Å². The van der Waals surface area contributed by atoms with Crippen LogP contribution in [0.1, 0.15) is 0 Å². The van der Waals surface area contributed by atoms with Crippen LogP contribution in [-0.4, -0.2) is 4.98 Å². The topological polar surface area (TPSA) is 15.8 Å². The summed E-state index contributed by atoms with van der Waals surface area (Å²) in [6, 6.07) is 8.71. The average molecular weight is 151 g/mol. The lowest BCUT2D eigenvalue weighted by Gasteiger charge is -1.87. The summed E-state index contributed by atoms with van der Waals surface area (Å²) in [5.41, 5.74) is 1.07. The molecular weight excluding hydrogens is 146 g/mol. The van der Waals surface area contributed by atoms with Gasteiger partial charge in [0.15, 0.2) is 0 Å². The second-order valence-corrected chi connectivity index (χ2v) is 2.52. The molecule has 0 aliphatic rings. The number of halogens is 1. The van der Waals surface area contributed by atoms with Gasteiger partial charge in [-0.05, 0) is 18.2 Å². The lowest BCUT2D eigenvalue weighted by molar-refractivity contribution is 1.48. The summed E-state index contributed by atoms with van der Waals surface area (Å²) in [5, 5.41) is 1.69. The van der Waals surface area contributed by atoms with Crippen molar-refractivity contribution < 1.29 is 0 Å². The molecule has 2 rings (SSSR count). The highest BCUT2D eigenvalue weighted by molar-refractivity contribution is 6.31. The molecule has 0 saturated heterocycles. The van der Waals surface area contributed by atoms with Crippen LogP contribution >= 0.6 is 11.6 Å². The molecule has 1 aromatic heterocycles. The van der Waals surface area contributed by atoms with Crippen molar-refractivity contribution in [3.8, 4) is 0 Å². The number of aromatic amines is 1. The van der Waals surface area contributed by atoms with E-state index in [1.54, 1.807) is 0 Å². The minimum atomic E-state index is 0.659. The fraction of sp³-hybridized carbons (Fsp3) is 0. The molecule has 10 heavy (non-hydrogen) atoms. The summed E-state index contributed by atoms with van der Waals surface area (Å²) in [6.45, 7) is 0. The number of rotatable bonds is 0. The molecule has 1 radical (unpaired) electrons. The molecule has 0 saturated carbocycles. The smallest absolute Gasteiger partial charge is 0.0492 e. The summed E-state index contributed by atoms with van der Waals surface area (Å²) < 4.78 is 0. The van der Waals surface area contributed by atoms with Gasteiger partial charge >= 0.3 is 0 Å². The Kier molecular flexibility index (Phi) is 1.18. The molecule has 0 aliphatic heterocycles. The van der Waals surface area contributed by atoms with E-state index < -0.39 is 0 Å². The predicted molar refractivity (Wildman–Crippen MR) is 42.1 cm³/mol. The van der Waals surface area contributed by atoms with Crippen molar-refractivity contribution in [1.82, 2.24) is 4.98 Å². The first-order valence-electron chi connectivity index (χ1n) is 3.01. The SMILES string of the molecule is Clc1[c]c2cc[nH]c2cc1. The van der Waals surface area contributed by atoms with Gasteiger partial charge in [-0.25, -0.2) is 0 Å². The van der Waals surface area contributed by atoms with Gasteiger partial charge in [-0.2, -0.15) is 0 Å². The summed E-state index contributed by atoms with van der Waals surface area (Å²) in [4.78, 5) is 3.06. The van der Waals surface area contributed by atoms with Crippen molar-refractivity contribution in [3.05, 3.63) is 35.5 Å². The number of nitrogens with one attached hydrogen (secondary N) is 1. The second kappa shape index (κ2) is 2.03. The Morgan fingerprint density at radius 1 is 1.30 bits per heavy atom. The van der Waals surface area contributed by atoms with E-state index in [0.29, 0.717) is 5.02 Å². The highest BCUT2D eigenvalue weighted by Gasteiger charge is 1.93. The van der Waals surface area contributed by atoms with E-state index in [1.807, 2.05) is 24.4 Å². The molecule has 0 bridgehead atoms. The molecule has 1 nitrogen and oxygen atoms in total. The molecule has 1 aromatic carbocycles. The van der Waals surface area contributed by atoms with E-state index >= 15 is 0 Å². The van der Waals surface area contributed by atoms with Crippen LogP contribution < -0.4 is 0 Å². The monoisotopic (exact) mass is 150 g/mol. The third-order valence-electron chi connectivity index (χ3n) is 1.43. The molecule has 2 heteroatoms. The molecule has 2 aromatic rings. The quantitative estimate of drug-likeness (QED) is 0.594. The van der Waals surface area contributed by atoms with Crippen LogP contribution in [0.25, 0.3) is 10.9 Å². The Morgan fingerprint density at radius 2 is 2.20 bits per heavy atom. The van der Waals surface area contributed by atoms with Crippen molar-refractivity contribution in [2.75, 3.05) is 0 Å². The van der Waals surface area contributed by atoms with Crippen molar-refractivity contribution in [2.45, 2.75) is 0 Å². The van der Waals surface area contributed by atoms with Crippen LogP contribution in [0.3, 0.4) is 0 Å². The molecular formula is C8H5ClN. The Hall–Kier alpha value is -0.950. The van der Waals surface area contributed by atoms with Crippen molar-refractivity contribution in [1.29, 1.82) is 0 Å². The van der Waals surface area contributed by atoms with Crippen LogP contribution in [0, 0.1) is 6.07 Å². The molecule has 1 N–H and O–H groups in total. The van der Waals surface area contributed by atoms with Crippen LogP contribution in [0.5, 0.6) is 0 Å². The van der Waals surface area contributed by atoms with Gasteiger partial charge in [0, 0.05) is 28.2 Å². The Labute approximate surface area is 63.6 Å². The van der Waals surface area contributed by atoms with E-state index in [1.165, 1.54) is 0 Å². The lowest BCUT2D eigenvalue weighted by atomic mass is 10.2. The standard InChI is InChI=1S/C8H5ClN/c9-7-1-2-8-6(5-7)3-4-10-8/h1-4,10H. The molecule has 49 valence electrons. The maximum absolute atomic E-state index is 5.71. The van der Waals surface area contributed by atoms with Gasteiger partial charge in [0.2, 0.25) is 0 Å². The van der Waals surface area contributed by atoms with E-state index in [0.717, 1.165) is 10.9 Å². The van der Waals surface area contributed by atoms with Gasteiger partial charge in [0.25, 0.3) is 0 Å². The van der Waals surface area contributed by atoms with Gasteiger partial charge in [0.05, 0.1) is 0 Å². The molecule has 0 aliphatic carbocycles. The van der Waals surface area contributed by atoms with Gasteiger partial charge in [-0.1, -0.05) is 11.6 Å². The Morgan fingerprint density at radius 3 is 3.10 bits per heavy atom. The van der Waals surface area contributed by atoms with Gasteiger partial charge < -0.3 is 4.98 Å². The largest absolute Gasteiger partial charge is 0.361 e. The van der Waals surface area contributed by atoms with Crippen molar-refractivity contribution in [3.63, 3.8) is 0 Å². The molecule has 0 spiro atoms. The minimum absolute atomic E-state index is 0.659. The lowest BCUT2D eigenvalue weighted by Crippen LogP contribution is -1.66. The zero-order valence-electron chi connectivity index (χ0n) is 5.19. The summed E-state index contributed by atoms with van der Waals surface area (Å²) in [6.07, 6.45) is 1.87. The third-order valence-corrected chi connectivity index (χ3v) is 1.65. The van der Waals surface area contributed by atoms with E-state index in [-0.39, 0.29) is 0 Å². The number of benzene rings is 1. The number of hydrogen-bond donors (Lipinski definition) is 1. The van der Waals surface area contributed by atoms with E-state index in [4.69, 9.17) is 11.6 Å². The van der Waals surface area contributed by atoms with Gasteiger partial charge in [0.1, 0.15) is 0 Å². The van der Waals surface area contributed by atoms with Crippen LogP contribution in [0.4, 0.5) is 0 Å².